The number of hydrogen-bond donors (Lipinski definition) is 0. The number of halogens is 1. The van der Waals surface area contributed by atoms with Gasteiger partial charge in [0.2, 0.25) is 0 Å². The number of carbonyl (C=O) groups excluding carboxylic acids is 1. The topological polar surface area (TPSA) is 32.8 Å². The van der Waals surface area contributed by atoms with Crippen molar-refractivity contribution in [2.24, 2.45) is 5.92 Å². The molecule has 2 aliphatic heterocycles. The van der Waals surface area contributed by atoms with E-state index in [0.29, 0.717) is 5.92 Å². The van der Waals surface area contributed by atoms with Gasteiger partial charge in [-0.1, -0.05) is 15.9 Å². The second-order valence-corrected chi connectivity index (χ2v) is 6.30. The monoisotopic (exact) mass is 322 g/mol. The molecule has 1 aromatic rings. The van der Waals surface area contributed by atoms with Gasteiger partial charge < -0.3 is 14.4 Å². The summed E-state index contributed by atoms with van der Waals surface area (Å²) in [4.78, 5) is 16.2. The predicted molar refractivity (Wildman–Crippen MR) is 80.3 cm³/mol. The molecule has 0 aliphatic carbocycles. The number of anilines is 1. The Labute approximate surface area is 122 Å². The van der Waals surface area contributed by atoms with Gasteiger partial charge >= 0.3 is 0 Å². The highest BCUT2D eigenvalue weighted by Crippen LogP contribution is 2.37. The molecule has 0 atom stereocenters. The molecular weight excluding hydrogens is 307 g/mol. The van der Waals surface area contributed by atoms with Gasteiger partial charge in [0.05, 0.1) is 5.69 Å². The largest absolute Gasteiger partial charge is 0.482 e. The highest BCUT2D eigenvalue weighted by molar-refractivity contribution is 9.10. The summed E-state index contributed by atoms with van der Waals surface area (Å²) in [6, 6.07) is 3.98. The van der Waals surface area contributed by atoms with Crippen LogP contribution in [0.2, 0.25) is 0 Å². The molecule has 1 aromatic carbocycles. The van der Waals surface area contributed by atoms with Gasteiger partial charge in [-0.2, -0.15) is 0 Å². The van der Waals surface area contributed by atoms with Crippen LogP contribution in [-0.4, -0.2) is 44.9 Å². The summed E-state index contributed by atoms with van der Waals surface area (Å²) < 4.78 is 6.54. The highest BCUT2D eigenvalue weighted by atomic mass is 79.9. The van der Waals surface area contributed by atoms with E-state index in [9.17, 15) is 4.79 Å². The summed E-state index contributed by atoms with van der Waals surface area (Å²) in [7, 11) is 2.10. The van der Waals surface area contributed by atoms with Crippen LogP contribution in [0.4, 0.5) is 5.69 Å². The Bertz CT molecular complexity index is 532. The summed E-state index contributed by atoms with van der Waals surface area (Å²) in [6.45, 7) is 5.09. The lowest BCUT2D eigenvalue weighted by Crippen LogP contribution is -2.52. The Morgan fingerprint density at radius 2 is 2.21 bits per heavy atom. The van der Waals surface area contributed by atoms with E-state index < -0.39 is 0 Å². The van der Waals surface area contributed by atoms with Gasteiger partial charge in [0.25, 0.3) is 5.91 Å². The van der Waals surface area contributed by atoms with Gasteiger partial charge in [-0.15, -0.1) is 0 Å². The number of carbonyl (C=O) groups is 1. The molecular formula is C13H16BBrN2O2. The third-order valence-electron chi connectivity index (χ3n) is 3.76. The summed E-state index contributed by atoms with van der Waals surface area (Å²) in [5.74, 6) is 1.43. The maximum Gasteiger partial charge on any atom is 0.265 e. The van der Waals surface area contributed by atoms with E-state index in [-0.39, 0.29) is 12.5 Å². The summed E-state index contributed by atoms with van der Waals surface area (Å²) >= 11 is 3.50. The van der Waals surface area contributed by atoms with E-state index in [4.69, 9.17) is 4.74 Å². The number of fused-ring (bicyclic) bond motifs is 1. The summed E-state index contributed by atoms with van der Waals surface area (Å²) in [6.07, 6.45) is 0. The van der Waals surface area contributed by atoms with Gasteiger partial charge in [0, 0.05) is 16.9 Å². The van der Waals surface area contributed by atoms with Crippen LogP contribution in [0.3, 0.4) is 0 Å². The van der Waals surface area contributed by atoms with E-state index >= 15 is 0 Å². The van der Waals surface area contributed by atoms with Gasteiger partial charge in [-0.05, 0) is 37.7 Å². The maximum atomic E-state index is 12.1. The van der Waals surface area contributed by atoms with Gasteiger partial charge in [0.1, 0.15) is 5.75 Å². The molecule has 0 bridgehead atoms. The molecule has 0 unspecified atom stereocenters. The van der Waals surface area contributed by atoms with Crippen molar-refractivity contribution in [2.75, 3.05) is 31.1 Å². The molecule has 1 saturated heterocycles. The maximum absolute atomic E-state index is 12.1. The third kappa shape index (κ3) is 2.39. The number of nitrogens with zero attached hydrogens (tertiary/aromatic N) is 2. The molecule has 0 spiro atoms. The van der Waals surface area contributed by atoms with Gasteiger partial charge in [-0.25, -0.2) is 0 Å². The van der Waals surface area contributed by atoms with Crippen molar-refractivity contribution in [3.63, 3.8) is 0 Å². The molecule has 0 saturated carbocycles. The molecule has 0 radical (unpaired) electrons. The second kappa shape index (κ2) is 4.83. The van der Waals surface area contributed by atoms with E-state index in [0.717, 1.165) is 41.1 Å². The van der Waals surface area contributed by atoms with Gasteiger partial charge in [-0.3, -0.25) is 4.79 Å². The molecule has 1 fully saturated rings. The average molecular weight is 323 g/mol. The average Bonchev–Trinajstić information content (AvgIpc) is 2.33. The van der Waals surface area contributed by atoms with Crippen LogP contribution in [0.15, 0.2) is 16.6 Å². The normalized spacial score (nSPS) is 19.9. The van der Waals surface area contributed by atoms with Crippen LogP contribution in [0.5, 0.6) is 5.75 Å². The Morgan fingerprint density at radius 1 is 1.47 bits per heavy atom. The smallest absolute Gasteiger partial charge is 0.265 e. The molecule has 6 heteroatoms. The first kappa shape index (κ1) is 13.0. The number of amides is 1. The SMILES string of the molecule is BN1CC(CN2C(=O)COc3cc(Br)c(C)cc32)C1. The number of rotatable bonds is 2. The van der Waals surface area contributed by atoms with Crippen molar-refractivity contribution < 1.29 is 9.53 Å². The number of aryl methyl sites for hydroxylation is 1. The summed E-state index contributed by atoms with van der Waals surface area (Å²) in [5, 5.41) is 0. The third-order valence-corrected chi connectivity index (χ3v) is 4.62. The molecule has 100 valence electrons. The van der Waals surface area contributed by atoms with Crippen molar-refractivity contribution in [1.82, 2.24) is 4.81 Å². The van der Waals surface area contributed by atoms with Crippen LogP contribution in [0.25, 0.3) is 0 Å². The zero-order valence-electron chi connectivity index (χ0n) is 11.1. The lowest BCUT2D eigenvalue weighted by molar-refractivity contribution is -0.121. The molecule has 2 heterocycles. The van der Waals surface area contributed by atoms with E-state index in [1.165, 1.54) is 0 Å². The van der Waals surface area contributed by atoms with Crippen molar-refractivity contribution in [3.8, 4) is 5.75 Å². The Kier molecular flexibility index (Phi) is 3.31. The van der Waals surface area contributed by atoms with E-state index in [1.54, 1.807) is 0 Å². The van der Waals surface area contributed by atoms with Crippen molar-refractivity contribution in [2.45, 2.75) is 6.92 Å². The molecule has 19 heavy (non-hydrogen) atoms. The van der Waals surface area contributed by atoms with Crippen LogP contribution >= 0.6 is 15.9 Å². The van der Waals surface area contributed by atoms with Crippen molar-refractivity contribution >= 4 is 35.5 Å². The first-order valence-corrected chi connectivity index (χ1v) is 7.26. The lowest BCUT2D eigenvalue weighted by atomic mass is 9.95. The molecule has 3 rings (SSSR count). The van der Waals surface area contributed by atoms with Crippen molar-refractivity contribution in [1.29, 1.82) is 0 Å². The molecule has 2 aliphatic rings. The number of benzene rings is 1. The first-order chi connectivity index (χ1) is 9.04. The summed E-state index contributed by atoms with van der Waals surface area (Å²) in [5.41, 5.74) is 2.03. The molecule has 0 N–H and O–H groups in total. The highest BCUT2D eigenvalue weighted by Gasteiger charge is 2.32. The van der Waals surface area contributed by atoms with Gasteiger partial charge in [0.15, 0.2) is 14.6 Å². The fourth-order valence-electron chi connectivity index (χ4n) is 2.73. The van der Waals surface area contributed by atoms with Crippen LogP contribution in [0, 0.1) is 12.8 Å². The zero-order chi connectivity index (χ0) is 13.6. The van der Waals surface area contributed by atoms with Crippen LogP contribution in [-0.2, 0) is 4.79 Å². The number of ether oxygens (including phenoxy) is 1. The van der Waals surface area contributed by atoms with E-state index in [2.05, 4.69) is 28.7 Å². The lowest BCUT2D eigenvalue weighted by Gasteiger charge is -2.41. The molecule has 1 amide bonds. The van der Waals surface area contributed by atoms with Crippen molar-refractivity contribution in [3.05, 3.63) is 22.2 Å². The predicted octanol–water partition coefficient (Wildman–Crippen LogP) is 0.963. The van der Waals surface area contributed by atoms with E-state index in [1.807, 2.05) is 24.0 Å². The molecule has 0 aromatic heterocycles. The Morgan fingerprint density at radius 3 is 2.89 bits per heavy atom. The standard InChI is InChI=1S/C13H16BBrN2O2/c1-8-2-11-12(3-10(8)15)19-7-13(18)17(11)6-9-4-16(14)5-9/h2-3,9H,4-7,14H2,1H3. The Balaban J connectivity index is 1.88. The zero-order valence-corrected chi connectivity index (χ0v) is 12.7. The van der Waals surface area contributed by atoms with Crippen LogP contribution < -0.4 is 9.64 Å². The molecule has 4 nitrogen and oxygen atoms in total. The fourth-order valence-corrected chi connectivity index (χ4v) is 3.05. The minimum atomic E-state index is 0.0591. The minimum Gasteiger partial charge on any atom is -0.482 e. The quantitative estimate of drug-likeness (QED) is 0.760. The minimum absolute atomic E-state index is 0.0591. The first-order valence-electron chi connectivity index (χ1n) is 6.46. The van der Waals surface area contributed by atoms with Crippen LogP contribution in [0.1, 0.15) is 5.56 Å². The second-order valence-electron chi connectivity index (χ2n) is 5.45. The Hall–Kier alpha value is -1.01. The fraction of sp³-hybridized carbons (Fsp3) is 0.462. The number of hydrogen-bond acceptors (Lipinski definition) is 3.